The van der Waals surface area contributed by atoms with Crippen LogP contribution in [0.4, 0.5) is 0 Å². The van der Waals surface area contributed by atoms with Crippen LogP contribution in [0.2, 0.25) is 0 Å². The maximum Gasteiger partial charge on any atom is 0.157 e. The lowest BCUT2D eigenvalue weighted by molar-refractivity contribution is -0.190. The topological polar surface area (TPSA) is 44.5 Å². The molecule has 0 aromatic heterocycles. The molecule has 2 atom stereocenters. The van der Waals surface area contributed by atoms with Gasteiger partial charge in [-0.25, -0.2) is 0 Å². The summed E-state index contributed by atoms with van der Waals surface area (Å²) >= 11 is 0. The molecule has 16 heavy (non-hydrogen) atoms. The molecule has 2 unspecified atom stereocenters. The number of hydrogen-bond donors (Lipinski definition) is 1. The van der Waals surface area contributed by atoms with Gasteiger partial charge in [-0.2, -0.15) is 0 Å². The third-order valence-corrected chi connectivity index (χ3v) is 3.10. The minimum Gasteiger partial charge on any atom is -0.353 e. The fraction of sp³-hybridized carbons (Fsp3) is 1.00. The van der Waals surface area contributed by atoms with Crippen LogP contribution in [0.1, 0.15) is 58.3 Å². The summed E-state index contributed by atoms with van der Waals surface area (Å²) in [4.78, 5) is 0. The Kier molecular flexibility index (Phi) is 7.81. The summed E-state index contributed by atoms with van der Waals surface area (Å²) in [6.07, 6.45) is 9.68. The van der Waals surface area contributed by atoms with Crippen molar-refractivity contribution in [1.29, 1.82) is 0 Å². The molecular weight excluding hydrogens is 202 g/mol. The van der Waals surface area contributed by atoms with E-state index in [0.717, 1.165) is 25.9 Å². The molecule has 0 aliphatic carbocycles. The summed E-state index contributed by atoms with van der Waals surface area (Å²) in [5.41, 5.74) is 5.62. The lowest BCUT2D eigenvalue weighted by Gasteiger charge is -2.27. The Hall–Kier alpha value is -0.120. The molecule has 0 saturated carbocycles. The summed E-state index contributed by atoms with van der Waals surface area (Å²) in [5, 5.41) is 0. The van der Waals surface area contributed by atoms with Gasteiger partial charge < -0.3 is 15.2 Å². The zero-order valence-corrected chi connectivity index (χ0v) is 10.6. The fourth-order valence-corrected chi connectivity index (χ4v) is 2.12. The molecule has 0 radical (unpaired) electrons. The van der Waals surface area contributed by atoms with Crippen LogP contribution in [0.15, 0.2) is 0 Å². The first-order chi connectivity index (χ1) is 7.86. The SMILES string of the molecule is CCCCCC(CCN)OC1CCCCO1. The van der Waals surface area contributed by atoms with Crippen LogP contribution in [0, 0.1) is 0 Å². The van der Waals surface area contributed by atoms with E-state index in [1.807, 2.05) is 0 Å². The smallest absolute Gasteiger partial charge is 0.157 e. The van der Waals surface area contributed by atoms with Crippen LogP contribution in [-0.2, 0) is 9.47 Å². The van der Waals surface area contributed by atoms with Gasteiger partial charge in [0.05, 0.1) is 6.10 Å². The van der Waals surface area contributed by atoms with Crippen molar-refractivity contribution >= 4 is 0 Å². The van der Waals surface area contributed by atoms with Crippen LogP contribution >= 0.6 is 0 Å². The van der Waals surface area contributed by atoms with Crippen molar-refractivity contribution in [3.05, 3.63) is 0 Å². The van der Waals surface area contributed by atoms with Gasteiger partial charge in [-0.05, 0) is 38.6 Å². The summed E-state index contributed by atoms with van der Waals surface area (Å²) in [6, 6.07) is 0. The molecule has 1 aliphatic heterocycles. The van der Waals surface area contributed by atoms with Gasteiger partial charge in [-0.1, -0.05) is 26.2 Å². The summed E-state index contributed by atoms with van der Waals surface area (Å²) in [5.74, 6) is 0. The third-order valence-electron chi connectivity index (χ3n) is 3.10. The Labute approximate surface area is 99.7 Å². The molecule has 3 nitrogen and oxygen atoms in total. The number of rotatable bonds is 8. The number of hydrogen-bond acceptors (Lipinski definition) is 3. The van der Waals surface area contributed by atoms with Gasteiger partial charge in [0.1, 0.15) is 0 Å². The highest BCUT2D eigenvalue weighted by atomic mass is 16.7. The van der Waals surface area contributed by atoms with Gasteiger partial charge in [0.25, 0.3) is 0 Å². The van der Waals surface area contributed by atoms with E-state index in [1.165, 1.54) is 32.1 Å². The highest BCUT2D eigenvalue weighted by Crippen LogP contribution is 2.19. The van der Waals surface area contributed by atoms with Crippen molar-refractivity contribution in [3.8, 4) is 0 Å². The molecular formula is C13H27NO2. The van der Waals surface area contributed by atoms with E-state index in [1.54, 1.807) is 0 Å². The Bertz CT molecular complexity index is 158. The van der Waals surface area contributed by atoms with Crippen molar-refractivity contribution in [2.45, 2.75) is 70.7 Å². The Balaban J connectivity index is 2.19. The molecule has 0 aromatic rings. The molecule has 3 heteroatoms. The molecule has 0 bridgehead atoms. The van der Waals surface area contributed by atoms with Gasteiger partial charge in [0, 0.05) is 6.61 Å². The molecule has 2 N–H and O–H groups in total. The number of unbranched alkanes of at least 4 members (excludes halogenated alkanes) is 2. The summed E-state index contributed by atoms with van der Waals surface area (Å²) in [6.45, 7) is 3.79. The van der Waals surface area contributed by atoms with E-state index in [9.17, 15) is 0 Å². The second kappa shape index (κ2) is 8.97. The highest BCUT2D eigenvalue weighted by Gasteiger charge is 2.18. The third kappa shape index (κ3) is 5.83. The first-order valence-electron chi connectivity index (χ1n) is 6.84. The van der Waals surface area contributed by atoms with Gasteiger partial charge in [-0.15, -0.1) is 0 Å². The van der Waals surface area contributed by atoms with E-state index in [0.29, 0.717) is 12.6 Å². The summed E-state index contributed by atoms with van der Waals surface area (Å²) in [7, 11) is 0. The Morgan fingerprint density at radius 1 is 1.31 bits per heavy atom. The van der Waals surface area contributed by atoms with Gasteiger partial charge in [0.15, 0.2) is 6.29 Å². The molecule has 1 rings (SSSR count). The van der Waals surface area contributed by atoms with Crippen LogP contribution in [-0.4, -0.2) is 25.5 Å². The minimum absolute atomic E-state index is 0.0342. The minimum atomic E-state index is 0.0342. The van der Waals surface area contributed by atoms with Crippen molar-refractivity contribution < 1.29 is 9.47 Å². The van der Waals surface area contributed by atoms with E-state index in [4.69, 9.17) is 15.2 Å². The van der Waals surface area contributed by atoms with E-state index in [-0.39, 0.29) is 6.29 Å². The normalized spacial score (nSPS) is 23.2. The molecule has 1 aliphatic rings. The van der Waals surface area contributed by atoms with Crippen LogP contribution in [0.25, 0.3) is 0 Å². The molecule has 0 spiro atoms. The zero-order chi connectivity index (χ0) is 11.6. The highest BCUT2D eigenvalue weighted by molar-refractivity contribution is 4.63. The molecule has 1 saturated heterocycles. The van der Waals surface area contributed by atoms with Crippen LogP contribution < -0.4 is 5.73 Å². The molecule has 0 aromatic carbocycles. The fourth-order valence-electron chi connectivity index (χ4n) is 2.12. The van der Waals surface area contributed by atoms with Crippen molar-refractivity contribution in [2.75, 3.05) is 13.2 Å². The van der Waals surface area contributed by atoms with E-state index < -0.39 is 0 Å². The lowest BCUT2D eigenvalue weighted by Crippen LogP contribution is -2.29. The van der Waals surface area contributed by atoms with Crippen molar-refractivity contribution in [3.63, 3.8) is 0 Å². The first kappa shape index (κ1) is 13.9. The maximum absolute atomic E-state index is 5.98. The lowest BCUT2D eigenvalue weighted by atomic mass is 10.1. The molecule has 96 valence electrons. The maximum atomic E-state index is 5.98. The average Bonchev–Trinajstić information content (AvgIpc) is 2.31. The monoisotopic (exact) mass is 229 g/mol. The molecule has 1 heterocycles. The van der Waals surface area contributed by atoms with Crippen molar-refractivity contribution in [2.24, 2.45) is 5.73 Å². The average molecular weight is 229 g/mol. The van der Waals surface area contributed by atoms with Crippen LogP contribution in [0.5, 0.6) is 0 Å². The molecule has 0 amide bonds. The quantitative estimate of drug-likeness (QED) is 0.651. The number of nitrogens with two attached hydrogens (primary N) is 1. The van der Waals surface area contributed by atoms with Crippen molar-refractivity contribution in [1.82, 2.24) is 0 Å². The zero-order valence-electron chi connectivity index (χ0n) is 10.6. The van der Waals surface area contributed by atoms with E-state index in [2.05, 4.69) is 6.92 Å². The van der Waals surface area contributed by atoms with Gasteiger partial charge in [0.2, 0.25) is 0 Å². The summed E-state index contributed by atoms with van der Waals surface area (Å²) < 4.78 is 11.6. The Morgan fingerprint density at radius 3 is 2.81 bits per heavy atom. The second-order valence-corrected chi connectivity index (χ2v) is 4.63. The molecule has 1 fully saturated rings. The Morgan fingerprint density at radius 2 is 2.19 bits per heavy atom. The predicted molar refractivity (Wildman–Crippen MR) is 66.3 cm³/mol. The first-order valence-corrected chi connectivity index (χ1v) is 6.84. The largest absolute Gasteiger partial charge is 0.353 e. The van der Waals surface area contributed by atoms with E-state index >= 15 is 0 Å². The van der Waals surface area contributed by atoms with Crippen LogP contribution in [0.3, 0.4) is 0 Å². The van der Waals surface area contributed by atoms with Gasteiger partial charge >= 0.3 is 0 Å². The number of ether oxygens (including phenoxy) is 2. The van der Waals surface area contributed by atoms with Gasteiger partial charge in [-0.3, -0.25) is 0 Å². The standard InChI is InChI=1S/C13H27NO2/c1-2-3-4-7-12(9-10-14)16-13-8-5-6-11-15-13/h12-13H,2-11,14H2,1H3. The second-order valence-electron chi connectivity index (χ2n) is 4.63. The predicted octanol–water partition coefficient (Wildman–Crippen LogP) is 2.83.